The summed E-state index contributed by atoms with van der Waals surface area (Å²) in [5, 5.41) is 11.8. The molecule has 0 radical (unpaired) electrons. The number of carbonyl (C=O) groups excluding carboxylic acids is 1. The summed E-state index contributed by atoms with van der Waals surface area (Å²) < 4.78 is 25.7. The average Bonchev–Trinajstić information content (AvgIpc) is 3.07. The zero-order chi connectivity index (χ0) is 15.5. The van der Waals surface area contributed by atoms with Gasteiger partial charge in [0.1, 0.15) is 11.0 Å². The van der Waals surface area contributed by atoms with Crippen LogP contribution in [0.3, 0.4) is 0 Å². The second kappa shape index (κ2) is 6.80. The molecule has 1 N–H and O–H groups in total. The Kier molecular flexibility index (Phi) is 5.28. The van der Waals surface area contributed by atoms with Crippen LogP contribution in [0, 0.1) is 0 Å². The van der Waals surface area contributed by atoms with Crippen molar-refractivity contribution in [2.75, 3.05) is 17.6 Å². The van der Waals surface area contributed by atoms with E-state index in [1.165, 1.54) is 15.6 Å². The number of aryl methyl sites for hydroxylation is 1. The number of amides is 1. The highest BCUT2D eigenvalue weighted by molar-refractivity contribution is 7.89. The lowest BCUT2D eigenvalue weighted by Crippen LogP contribution is -2.44. The summed E-state index contributed by atoms with van der Waals surface area (Å²) in [6.45, 7) is 4.19. The number of carbonyl (C=O) groups is 1. The Morgan fingerprint density at radius 2 is 2.19 bits per heavy atom. The third-order valence-corrected chi connectivity index (χ3v) is 6.38. The Bertz CT molecular complexity index is 599. The molecule has 2 rings (SSSR count). The topological polar surface area (TPSA) is 92.3 Å². The zero-order valence-corrected chi connectivity index (χ0v) is 13.8. The fraction of sp³-hybridized carbons (Fsp3) is 0.750. The lowest BCUT2D eigenvalue weighted by molar-refractivity contribution is -0.119. The van der Waals surface area contributed by atoms with Crippen LogP contribution in [0.5, 0.6) is 0 Å². The number of nitrogens with one attached hydrogen (secondary N) is 1. The van der Waals surface area contributed by atoms with Gasteiger partial charge in [0.25, 0.3) is 0 Å². The molecular formula is C12H20N4O3S2. The van der Waals surface area contributed by atoms with Crippen LogP contribution in [0.2, 0.25) is 0 Å². The number of hydrogen-bond donors (Lipinski definition) is 1. The molecule has 7 nitrogen and oxygen atoms in total. The van der Waals surface area contributed by atoms with E-state index in [9.17, 15) is 13.2 Å². The first-order chi connectivity index (χ1) is 9.97. The monoisotopic (exact) mass is 332 g/mol. The van der Waals surface area contributed by atoms with Gasteiger partial charge in [0.2, 0.25) is 21.1 Å². The van der Waals surface area contributed by atoms with Crippen molar-refractivity contribution < 1.29 is 13.2 Å². The smallest absolute Gasteiger partial charge is 0.244 e. The quantitative estimate of drug-likeness (QED) is 0.846. The minimum Gasteiger partial charge on any atom is -0.299 e. The first-order valence-electron chi connectivity index (χ1n) is 7.10. The SMILES string of the molecule is CCCS(=O)(=O)N1CCC[C@@H]1C(=O)Nc1nnc(CC)s1. The second-order valence-corrected chi connectivity index (χ2v) is 8.03. The largest absolute Gasteiger partial charge is 0.299 e. The molecule has 21 heavy (non-hydrogen) atoms. The Morgan fingerprint density at radius 3 is 2.81 bits per heavy atom. The summed E-state index contributed by atoms with van der Waals surface area (Å²) in [7, 11) is -3.36. The van der Waals surface area contributed by atoms with E-state index in [4.69, 9.17) is 0 Å². The highest BCUT2D eigenvalue weighted by Crippen LogP contribution is 2.24. The molecule has 1 aliphatic heterocycles. The van der Waals surface area contributed by atoms with Crippen molar-refractivity contribution in [2.24, 2.45) is 0 Å². The van der Waals surface area contributed by atoms with Crippen molar-refractivity contribution in [1.29, 1.82) is 0 Å². The number of nitrogens with zero attached hydrogens (tertiary/aromatic N) is 3. The van der Waals surface area contributed by atoms with Crippen LogP contribution in [-0.2, 0) is 21.2 Å². The van der Waals surface area contributed by atoms with Gasteiger partial charge in [-0.2, -0.15) is 4.31 Å². The molecule has 118 valence electrons. The number of hydrogen-bond acceptors (Lipinski definition) is 6. The molecule has 1 amide bonds. The molecule has 1 saturated heterocycles. The maximum atomic E-state index is 12.3. The van der Waals surface area contributed by atoms with Crippen LogP contribution in [-0.4, -0.2) is 47.2 Å². The van der Waals surface area contributed by atoms with E-state index in [-0.39, 0.29) is 11.7 Å². The van der Waals surface area contributed by atoms with Gasteiger partial charge in [-0.15, -0.1) is 10.2 Å². The third kappa shape index (κ3) is 3.78. The highest BCUT2D eigenvalue weighted by Gasteiger charge is 2.38. The average molecular weight is 332 g/mol. The minimum absolute atomic E-state index is 0.0789. The van der Waals surface area contributed by atoms with Gasteiger partial charge < -0.3 is 0 Å². The molecule has 1 atom stereocenters. The van der Waals surface area contributed by atoms with Gasteiger partial charge in [0.05, 0.1) is 5.75 Å². The number of rotatable bonds is 6. The predicted octanol–water partition coefficient (Wildman–Crippen LogP) is 1.24. The van der Waals surface area contributed by atoms with Crippen LogP contribution in [0.15, 0.2) is 0 Å². The van der Waals surface area contributed by atoms with Crippen molar-refractivity contribution >= 4 is 32.4 Å². The molecule has 1 fully saturated rings. The molecule has 1 aromatic heterocycles. The van der Waals surface area contributed by atoms with E-state index in [2.05, 4.69) is 15.5 Å². The van der Waals surface area contributed by atoms with Gasteiger partial charge in [-0.25, -0.2) is 8.42 Å². The minimum atomic E-state index is -3.36. The van der Waals surface area contributed by atoms with E-state index in [1.807, 2.05) is 13.8 Å². The zero-order valence-electron chi connectivity index (χ0n) is 12.2. The number of anilines is 1. The molecule has 1 aromatic rings. The van der Waals surface area contributed by atoms with Crippen LogP contribution in [0.1, 0.15) is 38.1 Å². The summed E-state index contributed by atoms with van der Waals surface area (Å²) in [6.07, 6.45) is 2.56. The molecule has 0 saturated carbocycles. The molecule has 0 bridgehead atoms. The maximum Gasteiger partial charge on any atom is 0.244 e. The van der Waals surface area contributed by atoms with E-state index in [0.717, 1.165) is 11.4 Å². The van der Waals surface area contributed by atoms with Crippen molar-refractivity contribution in [3.05, 3.63) is 5.01 Å². The Morgan fingerprint density at radius 1 is 1.43 bits per heavy atom. The lowest BCUT2D eigenvalue weighted by Gasteiger charge is -2.22. The van der Waals surface area contributed by atoms with Crippen LogP contribution < -0.4 is 5.32 Å². The van der Waals surface area contributed by atoms with Crippen LogP contribution >= 0.6 is 11.3 Å². The van der Waals surface area contributed by atoms with Crippen LogP contribution in [0.25, 0.3) is 0 Å². The molecule has 0 spiro atoms. The van der Waals surface area contributed by atoms with Gasteiger partial charge in [0, 0.05) is 6.54 Å². The van der Waals surface area contributed by atoms with E-state index >= 15 is 0 Å². The molecule has 2 heterocycles. The first kappa shape index (κ1) is 16.3. The van der Waals surface area contributed by atoms with E-state index in [0.29, 0.717) is 30.9 Å². The Hall–Kier alpha value is -1.06. The second-order valence-electron chi connectivity index (χ2n) is 4.93. The van der Waals surface area contributed by atoms with Crippen LogP contribution in [0.4, 0.5) is 5.13 Å². The van der Waals surface area contributed by atoms with Crippen molar-refractivity contribution in [2.45, 2.75) is 45.6 Å². The summed E-state index contributed by atoms with van der Waals surface area (Å²) in [6, 6.07) is -0.629. The Balaban J connectivity index is 2.07. The Labute approximate surface area is 128 Å². The van der Waals surface area contributed by atoms with Crippen molar-refractivity contribution in [3.63, 3.8) is 0 Å². The first-order valence-corrected chi connectivity index (χ1v) is 9.53. The molecule has 0 unspecified atom stereocenters. The fourth-order valence-corrected chi connectivity index (χ4v) is 4.78. The number of aromatic nitrogens is 2. The standard InChI is InChI=1S/C12H20N4O3S2/c1-3-8-21(18,19)16-7-5-6-9(16)11(17)13-12-15-14-10(4-2)20-12/h9H,3-8H2,1-2H3,(H,13,15,17)/t9-/m1/s1. The predicted molar refractivity (Wildman–Crippen MR) is 81.7 cm³/mol. The molecular weight excluding hydrogens is 312 g/mol. The summed E-state index contributed by atoms with van der Waals surface area (Å²) in [5.74, 6) is -0.235. The summed E-state index contributed by atoms with van der Waals surface area (Å²) >= 11 is 1.32. The maximum absolute atomic E-state index is 12.3. The normalized spacial score (nSPS) is 19.8. The molecule has 0 aromatic carbocycles. The van der Waals surface area contributed by atoms with Gasteiger partial charge in [-0.05, 0) is 25.7 Å². The highest BCUT2D eigenvalue weighted by atomic mass is 32.2. The fourth-order valence-electron chi connectivity index (χ4n) is 2.35. The van der Waals surface area contributed by atoms with Crippen molar-refractivity contribution in [1.82, 2.24) is 14.5 Å². The molecule has 1 aliphatic rings. The molecule has 9 heteroatoms. The van der Waals surface area contributed by atoms with E-state index < -0.39 is 16.1 Å². The van der Waals surface area contributed by atoms with Crippen molar-refractivity contribution in [3.8, 4) is 0 Å². The van der Waals surface area contributed by atoms with Gasteiger partial charge in [-0.1, -0.05) is 25.2 Å². The summed E-state index contributed by atoms with van der Waals surface area (Å²) in [4.78, 5) is 12.3. The number of sulfonamides is 1. The molecule has 0 aliphatic carbocycles. The van der Waals surface area contributed by atoms with Gasteiger partial charge >= 0.3 is 0 Å². The summed E-state index contributed by atoms with van der Waals surface area (Å²) in [5.41, 5.74) is 0. The van der Waals surface area contributed by atoms with E-state index in [1.54, 1.807) is 0 Å². The lowest BCUT2D eigenvalue weighted by atomic mass is 10.2. The third-order valence-electron chi connectivity index (χ3n) is 3.33. The van der Waals surface area contributed by atoms with Gasteiger partial charge in [0.15, 0.2) is 0 Å². The van der Waals surface area contributed by atoms with Gasteiger partial charge in [-0.3, -0.25) is 10.1 Å².